The molecule has 0 fully saturated rings. The van der Waals surface area contributed by atoms with Crippen molar-refractivity contribution in [3.8, 4) is 0 Å². The molecule has 0 aliphatic heterocycles. The number of H-pyrrole nitrogens is 1. The lowest BCUT2D eigenvalue weighted by molar-refractivity contribution is -0.727. The molecule has 0 saturated carbocycles. The number of nitrogens with one attached hydrogen (secondary N) is 1. The monoisotopic (exact) mass is 574 g/mol. The van der Waals surface area contributed by atoms with Crippen molar-refractivity contribution in [2.45, 2.75) is 232 Å². The van der Waals surface area contributed by atoms with Gasteiger partial charge in [-0.25, -0.2) is 9.55 Å². The molecule has 1 aromatic rings. The van der Waals surface area contributed by atoms with Crippen LogP contribution in [0, 0.1) is 0 Å². The predicted octanol–water partition coefficient (Wildman–Crippen LogP) is 13.7. The molecule has 0 radical (unpaired) electrons. The SMILES string of the molecule is CCCCCCCCCCCCCC(C)[n+]1cc[nH]c1C(CCCCCCCC)CCCCCCCCCCCC. The number of hydrogen-bond acceptors (Lipinski definition) is 0. The molecule has 0 saturated heterocycles. The number of rotatable bonds is 32. The Balaban J connectivity index is 2.39. The van der Waals surface area contributed by atoms with Gasteiger partial charge in [0.15, 0.2) is 0 Å². The summed E-state index contributed by atoms with van der Waals surface area (Å²) in [6, 6.07) is 0.620. The normalized spacial score (nSPS) is 13.2. The second-order valence-corrected chi connectivity index (χ2v) is 13.6. The maximum absolute atomic E-state index is 3.74. The first-order chi connectivity index (χ1) is 20.2. The first-order valence-electron chi connectivity index (χ1n) is 19.3. The molecule has 1 aromatic heterocycles. The van der Waals surface area contributed by atoms with Crippen molar-refractivity contribution in [3.05, 3.63) is 18.2 Å². The van der Waals surface area contributed by atoms with Gasteiger partial charge in [-0.15, -0.1) is 0 Å². The lowest BCUT2D eigenvalue weighted by Gasteiger charge is -2.17. The third kappa shape index (κ3) is 21.5. The number of hydrogen-bond donors (Lipinski definition) is 1. The molecule has 41 heavy (non-hydrogen) atoms. The van der Waals surface area contributed by atoms with Crippen LogP contribution in [-0.2, 0) is 0 Å². The Labute approximate surface area is 259 Å². The Morgan fingerprint density at radius 3 is 1.15 bits per heavy atom. The average molecular weight is 574 g/mol. The summed E-state index contributed by atoms with van der Waals surface area (Å²) in [4.78, 5) is 3.74. The van der Waals surface area contributed by atoms with Gasteiger partial charge in [0, 0.05) is 0 Å². The maximum Gasteiger partial charge on any atom is 0.257 e. The molecule has 0 aliphatic carbocycles. The van der Waals surface area contributed by atoms with Gasteiger partial charge < -0.3 is 0 Å². The van der Waals surface area contributed by atoms with Crippen molar-refractivity contribution < 1.29 is 4.57 Å². The van der Waals surface area contributed by atoms with Gasteiger partial charge in [0.05, 0.1) is 12.0 Å². The molecule has 0 spiro atoms. The fraction of sp³-hybridized carbons (Fsp3) is 0.923. The Hall–Kier alpha value is -0.790. The minimum atomic E-state index is 0.620. The fourth-order valence-electron chi connectivity index (χ4n) is 6.78. The highest BCUT2D eigenvalue weighted by molar-refractivity contribution is 4.90. The Kier molecular flexibility index (Phi) is 27.3. The summed E-state index contributed by atoms with van der Waals surface area (Å²) in [6.45, 7) is 9.42. The Morgan fingerprint density at radius 1 is 0.463 bits per heavy atom. The number of unbranched alkanes of at least 4 members (excludes halogenated alkanes) is 24. The topological polar surface area (TPSA) is 19.7 Å². The smallest absolute Gasteiger partial charge is 0.247 e. The van der Waals surface area contributed by atoms with Crippen molar-refractivity contribution in [3.63, 3.8) is 0 Å². The van der Waals surface area contributed by atoms with Gasteiger partial charge in [-0.1, -0.05) is 188 Å². The van der Waals surface area contributed by atoms with Crippen LogP contribution >= 0.6 is 0 Å². The molecule has 1 N–H and O–H groups in total. The molecule has 0 amide bonds. The zero-order valence-corrected chi connectivity index (χ0v) is 29.0. The number of aromatic nitrogens is 2. The van der Waals surface area contributed by atoms with Crippen LogP contribution in [0.1, 0.15) is 238 Å². The largest absolute Gasteiger partial charge is 0.257 e. The molecule has 2 unspecified atom stereocenters. The van der Waals surface area contributed by atoms with E-state index in [1.54, 1.807) is 0 Å². The van der Waals surface area contributed by atoms with Crippen molar-refractivity contribution in [2.24, 2.45) is 0 Å². The van der Waals surface area contributed by atoms with E-state index >= 15 is 0 Å². The number of imidazole rings is 1. The van der Waals surface area contributed by atoms with Gasteiger partial charge in [-0.3, -0.25) is 0 Å². The molecule has 2 heteroatoms. The van der Waals surface area contributed by atoms with E-state index in [-0.39, 0.29) is 0 Å². The van der Waals surface area contributed by atoms with Crippen molar-refractivity contribution >= 4 is 0 Å². The van der Waals surface area contributed by atoms with Gasteiger partial charge >= 0.3 is 0 Å². The van der Waals surface area contributed by atoms with E-state index in [2.05, 4.69) is 49.6 Å². The van der Waals surface area contributed by atoms with E-state index in [0.717, 1.165) is 0 Å². The molecular formula is C39H77N2+. The van der Waals surface area contributed by atoms with Gasteiger partial charge in [0.1, 0.15) is 12.4 Å². The van der Waals surface area contributed by atoms with Crippen LogP contribution in [0.2, 0.25) is 0 Å². The van der Waals surface area contributed by atoms with Gasteiger partial charge in [-0.05, 0) is 32.6 Å². The highest BCUT2D eigenvalue weighted by Gasteiger charge is 2.25. The summed E-state index contributed by atoms with van der Waals surface area (Å²) >= 11 is 0. The molecular weight excluding hydrogens is 496 g/mol. The van der Waals surface area contributed by atoms with Crippen LogP contribution in [0.15, 0.2) is 12.4 Å². The second-order valence-electron chi connectivity index (χ2n) is 13.6. The minimum Gasteiger partial charge on any atom is -0.247 e. The summed E-state index contributed by atoms with van der Waals surface area (Å²) in [5.41, 5.74) is 0. The maximum atomic E-state index is 3.74. The lowest BCUT2D eigenvalue weighted by Crippen LogP contribution is -2.41. The lowest BCUT2D eigenvalue weighted by atomic mass is 9.92. The highest BCUT2D eigenvalue weighted by atomic mass is 15.1. The van der Waals surface area contributed by atoms with Gasteiger partial charge in [0.2, 0.25) is 0 Å². The van der Waals surface area contributed by atoms with E-state index in [4.69, 9.17) is 0 Å². The van der Waals surface area contributed by atoms with Crippen LogP contribution in [0.25, 0.3) is 0 Å². The van der Waals surface area contributed by atoms with E-state index in [1.165, 1.54) is 198 Å². The highest BCUT2D eigenvalue weighted by Crippen LogP contribution is 2.27. The first-order valence-corrected chi connectivity index (χ1v) is 19.3. The van der Waals surface area contributed by atoms with Gasteiger partial charge in [0.25, 0.3) is 5.82 Å². The Morgan fingerprint density at radius 2 is 0.780 bits per heavy atom. The third-order valence-corrected chi connectivity index (χ3v) is 9.64. The van der Waals surface area contributed by atoms with Crippen LogP contribution < -0.4 is 4.57 Å². The number of aromatic amines is 1. The van der Waals surface area contributed by atoms with Gasteiger partial charge in [-0.2, -0.15) is 0 Å². The minimum absolute atomic E-state index is 0.620. The molecule has 2 atom stereocenters. The van der Waals surface area contributed by atoms with E-state index in [1.807, 2.05) is 0 Å². The molecule has 0 aromatic carbocycles. The zero-order valence-electron chi connectivity index (χ0n) is 29.0. The third-order valence-electron chi connectivity index (χ3n) is 9.64. The van der Waals surface area contributed by atoms with Crippen LogP contribution in [0.5, 0.6) is 0 Å². The van der Waals surface area contributed by atoms with Crippen LogP contribution in [0.4, 0.5) is 0 Å². The van der Waals surface area contributed by atoms with Crippen LogP contribution in [-0.4, -0.2) is 4.98 Å². The molecule has 0 aliphatic rings. The molecule has 242 valence electrons. The quantitative estimate of drug-likeness (QED) is 0.0653. The van der Waals surface area contributed by atoms with Crippen LogP contribution in [0.3, 0.4) is 0 Å². The average Bonchev–Trinajstić information content (AvgIpc) is 3.47. The summed E-state index contributed by atoms with van der Waals surface area (Å²) in [5.74, 6) is 2.25. The summed E-state index contributed by atoms with van der Waals surface area (Å²) in [6.07, 6.45) is 47.2. The predicted molar refractivity (Wildman–Crippen MR) is 184 cm³/mol. The summed E-state index contributed by atoms with van der Waals surface area (Å²) in [7, 11) is 0. The van der Waals surface area contributed by atoms with Crippen molar-refractivity contribution in [1.29, 1.82) is 0 Å². The summed E-state index contributed by atoms with van der Waals surface area (Å²) < 4.78 is 2.63. The fourth-order valence-corrected chi connectivity index (χ4v) is 6.78. The molecule has 0 bridgehead atoms. The molecule has 1 rings (SSSR count). The van der Waals surface area contributed by atoms with E-state index < -0.39 is 0 Å². The molecule has 2 nitrogen and oxygen atoms in total. The number of nitrogens with zero attached hydrogens (tertiary/aromatic N) is 1. The zero-order chi connectivity index (χ0) is 29.6. The first kappa shape index (κ1) is 38.2. The van der Waals surface area contributed by atoms with E-state index in [9.17, 15) is 0 Å². The standard InChI is InChI=1S/C39H76N2/c1-5-8-11-14-17-19-21-22-24-26-29-32-37(4)41-36-35-40-39(41)38(33-30-27-16-13-10-7-3)34-31-28-25-23-20-18-15-12-9-6-2/h35-38H,5-34H2,1-4H3/p+1. The summed E-state index contributed by atoms with van der Waals surface area (Å²) in [5, 5.41) is 0. The van der Waals surface area contributed by atoms with Crippen molar-refractivity contribution in [1.82, 2.24) is 4.98 Å². The molecule has 1 heterocycles. The Bertz CT molecular complexity index is 635. The van der Waals surface area contributed by atoms with Crippen molar-refractivity contribution in [2.75, 3.05) is 0 Å². The van der Waals surface area contributed by atoms with E-state index in [0.29, 0.717) is 12.0 Å². The second kappa shape index (κ2) is 29.3.